The number of cyclic esters (lactones) is 1. The fraction of sp³-hybridized carbons (Fsp3) is 0.483. The number of benzene rings is 2. The molecule has 1 atom stereocenters. The summed E-state index contributed by atoms with van der Waals surface area (Å²) in [5.41, 5.74) is 1.58. The van der Waals surface area contributed by atoms with E-state index in [0.29, 0.717) is 73.8 Å². The molecule has 1 amide bonds. The van der Waals surface area contributed by atoms with Gasteiger partial charge in [-0.1, -0.05) is 6.42 Å². The lowest BCUT2D eigenvalue weighted by atomic mass is 9.98. The van der Waals surface area contributed by atoms with Gasteiger partial charge in [-0.3, -0.25) is 9.59 Å². The molecule has 0 bridgehead atoms. The Labute approximate surface area is 222 Å². The van der Waals surface area contributed by atoms with E-state index in [1.165, 1.54) is 7.11 Å². The molecule has 0 radical (unpaired) electrons. The van der Waals surface area contributed by atoms with Crippen LogP contribution in [-0.2, 0) is 20.7 Å². The predicted molar refractivity (Wildman–Crippen MR) is 140 cm³/mol. The minimum atomic E-state index is -0.513. The molecule has 0 aliphatic carbocycles. The number of methoxy groups -OCH3 is 1. The second-order valence-electron chi connectivity index (χ2n) is 9.56. The highest BCUT2D eigenvalue weighted by molar-refractivity contribution is 5.96. The van der Waals surface area contributed by atoms with Crippen LogP contribution in [0.25, 0.3) is 0 Å². The van der Waals surface area contributed by atoms with E-state index in [4.69, 9.17) is 23.7 Å². The molecular formula is C29H35NO8. The first-order valence-corrected chi connectivity index (χ1v) is 13.2. The molecule has 1 N–H and O–H groups in total. The monoisotopic (exact) mass is 525 g/mol. The Morgan fingerprint density at radius 1 is 0.974 bits per heavy atom. The Balaban J connectivity index is 1.51. The van der Waals surface area contributed by atoms with Crippen LogP contribution in [0, 0.1) is 0 Å². The molecule has 204 valence electrons. The van der Waals surface area contributed by atoms with Crippen molar-refractivity contribution in [2.45, 2.75) is 64.4 Å². The van der Waals surface area contributed by atoms with Gasteiger partial charge in [0.25, 0.3) is 5.91 Å². The van der Waals surface area contributed by atoms with Gasteiger partial charge in [0.2, 0.25) is 0 Å². The molecule has 38 heavy (non-hydrogen) atoms. The zero-order valence-electron chi connectivity index (χ0n) is 22.0. The molecule has 9 heteroatoms. The predicted octanol–water partition coefficient (Wildman–Crippen LogP) is 4.89. The standard InChI is InChI=1S/C29H35NO8/c1-19-7-6-10-22(31)9-5-3-4-8-20-15-23(34-2)17-26(28(20)29(33)38-19)37-18-27(32)30-21-11-12-24-25(16-21)36-14-13-35-24/h11-12,15-17,19H,3-10,13-14,18H2,1-2H3,(H,30,32). The molecular weight excluding hydrogens is 490 g/mol. The lowest BCUT2D eigenvalue weighted by Gasteiger charge is -2.20. The van der Waals surface area contributed by atoms with E-state index in [0.717, 1.165) is 24.8 Å². The molecule has 2 aromatic rings. The molecule has 4 rings (SSSR count). The summed E-state index contributed by atoms with van der Waals surface area (Å²) >= 11 is 0. The van der Waals surface area contributed by atoms with Gasteiger partial charge in [-0.15, -0.1) is 0 Å². The third-order valence-electron chi connectivity index (χ3n) is 6.56. The van der Waals surface area contributed by atoms with E-state index in [-0.39, 0.29) is 24.2 Å². The van der Waals surface area contributed by atoms with Crippen molar-refractivity contribution in [2.24, 2.45) is 0 Å². The normalized spacial score (nSPS) is 18.4. The number of nitrogens with one attached hydrogen (secondary N) is 1. The van der Waals surface area contributed by atoms with Crippen molar-refractivity contribution in [2.75, 3.05) is 32.2 Å². The maximum atomic E-state index is 13.3. The second-order valence-corrected chi connectivity index (χ2v) is 9.56. The molecule has 2 aromatic carbocycles. The topological polar surface area (TPSA) is 109 Å². The van der Waals surface area contributed by atoms with Crippen molar-refractivity contribution < 1.29 is 38.1 Å². The molecule has 2 heterocycles. The Morgan fingerprint density at radius 3 is 2.55 bits per heavy atom. The van der Waals surface area contributed by atoms with Gasteiger partial charge in [-0.2, -0.15) is 0 Å². The molecule has 0 aromatic heterocycles. The van der Waals surface area contributed by atoms with Crippen LogP contribution in [0.2, 0.25) is 0 Å². The van der Waals surface area contributed by atoms with E-state index in [1.807, 2.05) is 6.92 Å². The van der Waals surface area contributed by atoms with Crippen molar-refractivity contribution in [3.63, 3.8) is 0 Å². The minimum absolute atomic E-state index is 0.233. The van der Waals surface area contributed by atoms with Gasteiger partial charge in [0.15, 0.2) is 18.1 Å². The van der Waals surface area contributed by atoms with Gasteiger partial charge in [-0.05, 0) is 62.8 Å². The van der Waals surface area contributed by atoms with Crippen LogP contribution in [0.4, 0.5) is 5.69 Å². The molecule has 2 aliphatic rings. The summed E-state index contributed by atoms with van der Waals surface area (Å²) in [5, 5.41) is 2.79. The van der Waals surface area contributed by atoms with E-state index in [9.17, 15) is 14.4 Å². The number of ether oxygens (including phenoxy) is 5. The Morgan fingerprint density at radius 2 is 1.74 bits per heavy atom. The maximum Gasteiger partial charge on any atom is 0.342 e. The van der Waals surface area contributed by atoms with E-state index in [2.05, 4.69) is 5.32 Å². The molecule has 0 saturated carbocycles. The number of hydrogen-bond acceptors (Lipinski definition) is 8. The molecule has 0 spiro atoms. The fourth-order valence-electron chi connectivity index (χ4n) is 4.59. The first kappa shape index (κ1) is 27.3. The number of carbonyl (C=O) groups is 3. The first-order chi connectivity index (χ1) is 18.4. The van der Waals surface area contributed by atoms with Crippen LogP contribution >= 0.6 is 0 Å². The average molecular weight is 526 g/mol. The third-order valence-corrected chi connectivity index (χ3v) is 6.56. The number of rotatable bonds is 5. The van der Waals surface area contributed by atoms with Gasteiger partial charge in [0, 0.05) is 30.7 Å². The smallest absolute Gasteiger partial charge is 0.342 e. The van der Waals surface area contributed by atoms with Crippen LogP contribution in [0.3, 0.4) is 0 Å². The van der Waals surface area contributed by atoms with Crippen LogP contribution < -0.4 is 24.3 Å². The summed E-state index contributed by atoms with van der Waals surface area (Å²) in [6, 6.07) is 8.57. The lowest BCUT2D eigenvalue weighted by molar-refractivity contribution is -0.119. The van der Waals surface area contributed by atoms with Gasteiger partial charge in [0.1, 0.15) is 36.1 Å². The summed E-state index contributed by atoms with van der Waals surface area (Å²) in [6.07, 6.45) is 5.05. The quantitative estimate of drug-likeness (QED) is 0.550. The summed E-state index contributed by atoms with van der Waals surface area (Å²) in [6.45, 7) is 2.43. The number of aryl methyl sites for hydroxylation is 1. The molecule has 0 fully saturated rings. The number of hydrogen-bond donors (Lipinski definition) is 1. The van der Waals surface area contributed by atoms with Crippen molar-refractivity contribution in [1.29, 1.82) is 0 Å². The molecule has 0 saturated heterocycles. The number of carbonyl (C=O) groups excluding carboxylic acids is 3. The highest BCUT2D eigenvalue weighted by atomic mass is 16.6. The zero-order valence-corrected chi connectivity index (χ0v) is 22.0. The minimum Gasteiger partial charge on any atom is -0.497 e. The van der Waals surface area contributed by atoms with Crippen molar-refractivity contribution in [3.05, 3.63) is 41.5 Å². The van der Waals surface area contributed by atoms with Gasteiger partial charge in [0.05, 0.1) is 13.2 Å². The number of Topliss-reactive ketones (excluding diaryl/α,β-unsaturated/α-hetero) is 1. The summed E-state index contributed by atoms with van der Waals surface area (Å²) in [4.78, 5) is 38.1. The van der Waals surface area contributed by atoms with E-state index in [1.54, 1.807) is 30.3 Å². The van der Waals surface area contributed by atoms with Crippen LogP contribution in [0.15, 0.2) is 30.3 Å². The van der Waals surface area contributed by atoms with E-state index >= 15 is 0 Å². The average Bonchev–Trinajstić information content (AvgIpc) is 2.90. The van der Waals surface area contributed by atoms with Crippen molar-refractivity contribution in [1.82, 2.24) is 0 Å². The second kappa shape index (κ2) is 13.2. The number of fused-ring (bicyclic) bond motifs is 2. The number of ketones is 1. The number of amides is 1. The van der Waals surface area contributed by atoms with Crippen LogP contribution in [0.5, 0.6) is 23.0 Å². The van der Waals surface area contributed by atoms with Gasteiger partial charge in [-0.25, -0.2) is 4.79 Å². The zero-order chi connectivity index (χ0) is 26.9. The highest BCUT2D eigenvalue weighted by Crippen LogP contribution is 2.34. The lowest BCUT2D eigenvalue weighted by Crippen LogP contribution is -2.23. The molecule has 9 nitrogen and oxygen atoms in total. The van der Waals surface area contributed by atoms with Gasteiger partial charge < -0.3 is 29.0 Å². The number of esters is 1. The Bertz CT molecular complexity index is 1160. The Kier molecular flexibility index (Phi) is 9.46. The third kappa shape index (κ3) is 7.40. The summed E-state index contributed by atoms with van der Waals surface area (Å²) in [5.74, 6) is 1.29. The Hall–Kier alpha value is -3.75. The van der Waals surface area contributed by atoms with Crippen molar-refractivity contribution in [3.8, 4) is 23.0 Å². The van der Waals surface area contributed by atoms with E-state index < -0.39 is 11.9 Å². The number of anilines is 1. The van der Waals surface area contributed by atoms with Crippen LogP contribution in [0.1, 0.15) is 67.8 Å². The summed E-state index contributed by atoms with van der Waals surface area (Å²) < 4.78 is 28.2. The maximum absolute atomic E-state index is 13.3. The van der Waals surface area contributed by atoms with Crippen LogP contribution in [-0.4, -0.2) is 50.7 Å². The van der Waals surface area contributed by atoms with Crippen molar-refractivity contribution >= 4 is 23.3 Å². The fourth-order valence-corrected chi connectivity index (χ4v) is 4.59. The first-order valence-electron chi connectivity index (χ1n) is 13.2. The highest BCUT2D eigenvalue weighted by Gasteiger charge is 2.24. The largest absolute Gasteiger partial charge is 0.497 e. The molecule has 1 unspecified atom stereocenters. The van der Waals surface area contributed by atoms with Gasteiger partial charge >= 0.3 is 5.97 Å². The summed E-state index contributed by atoms with van der Waals surface area (Å²) in [7, 11) is 1.54. The SMILES string of the molecule is COc1cc2c(c(OCC(=O)Nc3ccc4c(c3)OCCO4)c1)C(=O)OC(C)CCCC(=O)CCCCC2. The molecule has 2 aliphatic heterocycles.